The van der Waals surface area contributed by atoms with Gasteiger partial charge in [-0.15, -0.1) is 0 Å². The highest BCUT2D eigenvalue weighted by Gasteiger charge is 2.29. The number of aliphatic hydroxyl groups is 1. The number of aliphatic hydroxyl groups excluding tert-OH is 1. The molecule has 1 unspecified atom stereocenters. The van der Waals surface area contributed by atoms with Gasteiger partial charge in [-0.1, -0.05) is 25.0 Å². The highest BCUT2D eigenvalue weighted by molar-refractivity contribution is 7.89. The summed E-state index contributed by atoms with van der Waals surface area (Å²) >= 11 is 0. The molecule has 0 radical (unpaired) electrons. The van der Waals surface area contributed by atoms with Gasteiger partial charge >= 0.3 is 0 Å². The number of benzene rings is 1. The van der Waals surface area contributed by atoms with Crippen molar-refractivity contribution in [3.63, 3.8) is 0 Å². The fourth-order valence-corrected chi connectivity index (χ4v) is 4.65. The van der Waals surface area contributed by atoms with Crippen LogP contribution >= 0.6 is 0 Å². The van der Waals surface area contributed by atoms with E-state index in [1.54, 1.807) is 0 Å². The van der Waals surface area contributed by atoms with Crippen molar-refractivity contribution in [2.45, 2.75) is 49.6 Å². The molecule has 10 heteroatoms. The van der Waals surface area contributed by atoms with Gasteiger partial charge in [0.25, 0.3) is 5.69 Å². The van der Waals surface area contributed by atoms with Crippen molar-refractivity contribution in [2.75, 3.05) is 0 Å². The predicted octanol–water partition coefficient (Wildman–Crippen LogP) is 1.26. The second-order valence-corrected chi connectivity index (χ2v) is 8.34. The Morgan fingerprint density at radius 3 is 2.42 bits per heavy atom. The zero-order chi connectivity index (χ0) is 19.3. The van der Waals surface area contributed by atoms with Crippen LogP contribution in [0.15, 0.2) is 29.2 Å². The van der Waals surface area contributed by atoms with Gasteiger partial charge in [0.2, 0.25) is 15.9 Å². The number of para-hydroxylation sites is 1. The van der Waals surface area contributed by atoms with Crippen LogP contribution in [0.4, 0.5) is 5.69 Å². The van der Waals surface area contributed by atoms with Crippen LogP contribution in [0.5, 0.6) is 0 Å². The molecule has 0 aromatic heterocycles. The lowest BCUT2D eigenvalue weighted by Crippen LogP contribution is -2.37. The number of nitrogens with one attached hydrogen (secondary N) is 1. The standard InChI is InChI=1S/C16H23N3O6S/c17-15(20)9-11-5-7-12(8-6-11)10-16(21)18-26(24,25)14-4-2-1-3-13(14)19(22)23/h1-4,11-12,16,18,21H,5-10H2,(H2,17,20). The lowest BCUT2D eigenvalue weighted by atomic mass is 9.79. The van der Waals surface area contributed by atoms with Crippen LogP contribution in [0, 0.1) is 22.0 Å². The van der Waals surface area contributed by atoms with Gasteiger partial charge in [0.15, 0.2) is 4.90 Å². The molecule has 1 aliphatic carbocycles. The summed E-state index contributed by atoms with van der Waals surface area (Å²) in [5.41, 5.74) is 4.65. The first-order valence-corrected chi connectivity index (χ1v) is 9.89. The summed E-state index contributed by atoms with van der Waals surface area (Å²) in [6.07, 6.45) is 2.36. The SMILES string of the molecule is NC(=O)CC1CCC(CC(O)NS(=O)(=O)c2ccccc2[N+](=O)[O-])CC1. The van der Waals surface area contributed by atoms with E-state index in [0.29, 0.717) is 6.42 Å². The predicted molar refractivity (Wildman–Crippen MR) is 93.3 cm³/mol. The van der Waals surface area contributed by atoms with Crippen molar-refractivity contribution in [3.8, 4) is 0 Å². The summed E-state index contributed by atoms with van der Waals surface area (Å²) < 4.78 is 26.8. The van der Waals surface area contributed by atoms with Gasteiger partial charge in [0.1, 0.15) is 6.23 Å². The molecular weight excluding hydrogens is 362 g/mol. The molecule has 9 nitrogen and oxygen atoms in total. The number of amides is 1. The van der Waals surface area contributed by atoms with Crippen LogP contribution in [0.1, 0.15) is 38.5 Å². The van der Waals surface area contributed by atoms with E-state index in [2.05, 4.69) is 4.72 Å². The maximum absolute atomic E-state index is 12.4. The molecule has 0 heterocycles. The Kier molecular flexibility index (Phi) is 6.68. The van der Waals surface area contributed by atoms with Gasteiger partial charge in [0.05, 0.1) is 4.92 Å². The largest absolute Gasteiger partial charge is 0.378 e. The molecule has 0 bridgehead atoms. The summed E-state index contributed by atoms with van der Waals surface area (Å²) in [4.78, 5) is 20.7. The van der Waals surface area contributed by atoms with E-state index in [0.717, 1.165) is 37.8 Å². The van der Waals surface area contributed by atoms with Crippen LogP contribution in [-0.4, -0.2) is 30.6 Å². The summed E-state index contributed by atoms with van der Waals surface area (Å²) in [5.74, 6) is 0.0258. The third kappa shape index (κ3) is 5.48. The number of nitro benzene ring substituents is 1. The lowest BCUT2D eigenvalue weighted by Gasteiger charge is -2.29. The van der Waals surface area contributed by atoms with E-state index in [-0.39, 0.29) is 24.2 Å². The number of nitro groups is 1. The molecule has 1 aromatic carbocycles. The first kappa shape index (κ1) is 20.3. The Morgan fingerprint density at radius 1 is 1.27 bits per heavy atom. The van der Waals surface area contributed by atoms with Crippen molar-refractivity contribution in [2.24, 2.45) is 17.6 Å². The fraction of sp³-hybridized carbons (Fsp3) is 0.562. The van der Waals surface area contributed by atoms with Crippen LogP contribution in [0.3, 0.4) is 0 Å². The minimum atomic E-state index is -4.22. The quantitative estimate of drug-likeness (QED) is 0.348. The molecule has 0 aliphatic heterocycles. The summed E-state index contributed by atoms with van der Waals surface area (Å²) in [6, 6.07) is 4.98. The average Bonchev–Trinajstić information content (AvgIpc) is 2.55. The van der Waals surface area contributed by atoms with Crippen LogP contribution in [0.25, 0.3) is 0 Å². The van der Waals surface area contributed by atoms with Crippen LogP contribution < -0.4 is 10.5 Å². The Hall–Kier alpha value is -2.04. The topological polar surface area (TPSA) is 153 Å². The Labute approximate surface area is 151 Å². The van der Waals surface area contributed by atoms with E-state index >= 15 is 0 Å². The number of nitrogens with zero attached hydrogens (tertiary/aromatic N) is 1. The van der Waals surface area contributed by atoms with Gasteiger partial charge in [0, 0.05) is 12.5 Å². The van der Waals surface area contributed by atoms with E-state index in [4.69, 9.17) is 5.73 Å². The number of nitrogens with two attached hydrogens (primary N) is 1. The second-order valence-electron chi connectivity index (χ2n) is 6.65. The van der Waals surface area contributed by atoms with Crippen molar-refractivity contribution >= 4 is 21.6 Å². The zero-order valence-corrected chi connectivity index (χ0v) is 15.0. The van der Waals surface area contributed by atoms with E-state index in [1.165, 1.54) is 12.1 Å². The minimum Gasteiger partial charge on any atom is -0.378 e. The maximum Gasteiger partial charge on any atom is 0.289 e. The number of carbonyl (C=O) groups excluding carboxylic acids is 1. The van der Waals surface area contributed by atoms with Gasteiger partial charge in [-0.05, 0) is 37.2 Å². The zero-order valence-electron chi connectivity index (χ0n) is 14.2. The molecule has 1 amide bonds. The molecule has 1 atom stereocenters. The smallest absolute Gasteiger partial charge is 0.289 e. The van der Waals surface area contributed by atoms with Gasteiger partial charge in [-0.2, -0.15) is 4.72 Å². The number of hydrogen-bond donors (Lipinski definition) is 3. The van der Waals surface area contributed by atoms with Gasteiger partial charge < -0.3 is 10.8 Å². The molecule has 0 spiro atoms. The maximum atomic E-state index is 12.4. The first-order chi connectivity index (χ1) is 12.2. The number of primary amides is 1. The van der Waals surface area contributed by atoms with Gasteiger partial charge in [-0.3, -0.25) is 14.9 Å². The number of sulfonamides is 1. The Bertz CT molecular complexity index is 759. The third-order valence-corrected chi connectivity index (χ3v) is 6.16. The summed E-state index contributed by atoms with van der Waals surface area (Å²) in [7, 11) is -4.22. The Balaban J connectivity index is 1.94. The molecule has 144 valence electrons. The van der Waals surface area contributed by atoms with Crippen LogP contribution in [0.2, 0.25) is 0 Å². The molecular formula is C16H23N3O6S. The first-order valence-electron chi connectivity index (χ1n) is 8.41. The average molecular weight is 385 g/mol. The number of rotatable bonds is 8. The van der Waals surface area contributed by atoms with E-state index < -0.39 is 31.8 Å². The molecule has 0 saturated heterocycles. The molecule has 4 N–H and O–H groups in total. The highest BCUT2D eigenvalue weighted by Crippen LogP contribution is 2.33. The van der Waals surface area contributed by atoms with Gasteiger partial charge in [-0.25, -0.2) is 8.42 Å². The van der Waals surface area contributed by atoms with E-state index in [1.807, 2.05) is 0 Å². The monoisotopic (exact) mass is 385 g/mol. The summed E-state index contributed by atoms with van der Waals surface area (Å²) in [6.45, 7) is 0. The Morgan fingerprint density at radius 2 is 1.85 bits per heavy atom. The molecule has 1 saturated carbocycles. The molecule has 26 heavy (non-hydrogen) atoms. The second kappa shape index (κ2) is 8.56. The normalized spacial score (nSPS) is 21.9. The van der Waals surface area contributed by atoms with E-state index in [9.17, 15) is 28.4 Å². The molecule has 1 aromatic rings. The third-order valence-electron chi connectivity index (χ3n) is 4.66. The van der Waals surface area contributed by atoms with Crippen molar-refractivity contribution in [1.82, 2.24) is 4.72 Å². The molecule has 2 rings (SSSR count). The lowest BCUT2D eigenvalue weighted by molar-refractivity contribution is -0.387. The fourth-order valence-electron chi connectivity index (χ4n) is 3.40. The highest BCUT2D eigenvalue weighted by atomic mass is 32.2. The minimum absolute atomic E-state index is 0.114. The molecule has 1 fully saturated rings. The molecule has 1 aliphatic rings. The number of carbonyl (C=O) groups is 1. The summed E-state index contributed by atoms with van der Waals surface area (Å²) in [5, 5.41) is 21.1. The van der Waals surface area contributed by atoms with Crippen molar-refractivity contribution in [1.29, 1.82) is 0 Å². The van der Waals surface area contributed by atoms with Crippen molar-refractivity contribution in [3.05, 3.63) is 34.4 Å². The van der Waals surface area contributed by atoms with Crippen molar-refractivity contribution < 1.29 is 23.2 Å². The van der Waals surface area contributed by atoms with Crippen LogP contribution in [-0.2, 0) is 14.8 Å². The number of hydrogen-bond acceptors (Lipinski definition) is 6.